The smallest absolute Gasteiger partial charge is 0.111 e. The van der Waals surface area contributed by atoms with Crippen molar-refractivity contribution in [2.24, 2.45) is 4.99 Å². The summed E-state index contributed by atoms with van der Waals surface area (Å²) < 4.78 is 0. The zero-order chi connectivity index (χ0) is 9.64. The Morgan fingerprint density at radius 2 is 2.07 bits per heavy atom. The van der Waals surface area contributed by atoms with Crippen molar-refractivity contribution in [3.05, 3.63) is 60.4 Å². The molecule has 2 heteroatoms. The van der Waals surface area contributed by atoms with Gasteiger partial charge in [0.25, 0.3) is 0 Å². The van der Waals surface area contributed by atoms with Gasteiger partial charge >= 0.3 is 0 Å². The summed E-state index contributed by atoms with van der Waals surface area (Å²) in [7, 11) is 0. The summed E-state index contributed by atoms with van der Waals surface area (Å²) >= 11 is 0. The van der Waals surface area contributed by atoms with E-state index in [2.05, 4.69) is 28.6 Å². The third-order valence-corrected chi connectivity index (χ3v) is 1.93. The molecule has 0 saturated carbocycles. The van der Waals surface area contributed by atoms with E-state index >= 15 is 0 Å². The molecule has 1 aliphatic rings. The van der Waals surface area contributed by atoms with Crippen molar-refractivity contribution in [1.82, 2.24) is 5.32 Å². The molecule has 69 valence electrons. The highest BCUT2D eigenvalue weighted by Crippen LogP contribution is 2.01. The standard InChI is InChI=1S/C12H11N2/c1-2-6-11(7-3-1)10-12-13-8-4-5-9-14-12/h1-8H,10H2,(H,13,14). The van der Waals surface area contributed by atoms with Crippen LogP contribution in [0.1, 0.15) is 5.56 Å². The van der Waals surface area contributed by atoms with Crippen LogP contribution in [-0.4, -0.2) is 5.84 Å². The molecule has 2 nitrogen and oxygen atoms in total. The predicted molar refractivity (Wildman–Crippen MR) is 57.7 cm³/mol. The van der Waals surface area contributed by atoms with Crippen LogP contribution in [0.4, 0.5) is 0 Å². The number of amidine groups is 1. The molecular formula is C12H11N2. The fourth-order valence-corrected chi connectivity index (χ4v) is 1.26. The third kappa shape index (κ3) is 2.33. The second-order valence-corrected chi connectivity index (χ2v) is 3.02. The summed E-state index contributed by atoms with van der Waals surface area (Å²) in [5.74, 6) is 0.918. The molecule has 0 unspecified atom stereocenters. The average Bonchev–Trinajstić information content (AvgIpc) is 2.48. The molecule has 1 radical (unpaired) electrons. The molecule has 0 spiro atoms. The SMILES string of the molecule is [C]1=CC=CNC(Cc2ccccc2)=N1. The van der Waals surface area contributed by atoms with Crippen molar-refractivity contribution in [2.45, 2.75) is 6.42 Å². The minimum atomic E-state index is 0.812. The van der Waals surface area contributed by atoms with Crippen molar-refractivity contribution in [3.63, 3.8) is 0 Å². The van der Waals surface area contributed by atoms with Crippen molar-refractivity contribution < 1.29 is 0 Å². The van der Waals surface area contributed by atoms with Gasteiger partial charge in [-0.15, -0.1) is 0 Å². The van der Waals surface area contributed by atoms with Gasteiger partial charge in [-0.25, -0.2) is 4.99 Å². The van der Waals surface area contributed by atoms with E-state index in [9.17, 15) is 0 Å². The molecule has 1 heterocycles. The van der Waals surface area contributed by atoms with E-state index in [0.717, 1.165) is 12.3 Å². The van der Waals surface area contributed by atoms with Crippen molar-refractivity contribution in [2.75, 3.05) is 0 Å². The molecule has 1 aromatic carbocycles. The van der Waals surface area contributed by atoms with Gasteiger partial charge < -0.3 is 5.32 Å². The van der Waals surface area contributed by atoms with Gasteiger partial charge in [-0.1, -0.05) is 30.3 Å². The molecular weight excluding hydrogens is 172 g/mol. The topological polar surface area (TPSA) is 24.4 Å². The predicted octanol–water partition coefficient (Wildman–Crippen LogP) is 2.06. The van der Waals surface area contributed by atoms with Gasteiger partial charge in [0, 0.05) is 12.6 Å². The van der Waals surface area contributed by atoms with E-state index in [1.165, 1.54) is 5.56 Å². The Labute approximate surface area is 83.7 Å². The maximum atomic E-state index is 4.16. The molecule has 1 N–H and O–H groups in total. The Hall–Kier alpha value is -1.83. The number of hydrogen-bond donors (Lipinski definition) is 1. The van der Waals surface area contributed by atoms with Crippen LogP contribution in [0.5, 0.6) is 0 Å². The Morgan fingerprint density at radius 3 is 2.93 bits per heavy atom. The van der Waals surface area contributed by atoms with E-state index < -0.39 is 0 Å². The van der Waals surface area contributed by atoms with Crippen LogP contribution in [0.2, 0.25) is 0 Å². The van der Waals surface area contributed by atoms with Crippen LogP contribution in [0.3, 0.4) is 0 Å². The van der Waals surface area contributed by atoms with Gasteiger partial charge in [0.05, 0.1) is 6.20 Å². The second-order valence-electron chi connectivity index (χ2n) is 3.02. The highest BCUT2D eigenvalue weighted by atomic mass is 15.0. The van der Waals surface area contributed by atoms with Crippen LogP contribution < -0.4 is 5.32 Å². The lowest BCUT2D eigenvalue weighted by molar-refractivity contribution is 1.16. The summed E-state index contributed by atoms with van der Waals surface area (Å²) in [4.78, 5) is 4.16. The van der Waals surface area contributed by atoms with Gasteiger partial charge in [0.15, 0.2) is 0 Å². The summed E-state index contributed by atoms with van der Waals surface area (Å²) in [6, 6.07) is 10.2. The average molecular weight is 183 g/mol. The number of aliphatic imine (C=N–C) groups is 1. The fraction of sp³-hybridized carbons (Fsp3) is 0.0833. The van der Waals surface area contributed by atoms with Crippen LogP contribution in [-0.2, 0) is 6.42 Å². The highest BCUT2D eigenvalue weighted by Gasteiger charge is 1.98. The molecule has 0 fully saturated rings. The number of nitrogens with one attached hydrogen (secondary N) is 1. The van der Waals surface area contributed by atoms with E-state index in [-0.39, 0.29) is 0 Å². The van der Waals surface area contributed by atoms with E-state index in [4.69, 9.17) is 0 Å². The summed E-state index contributed by atoms with van der Waals surface area (Å²) in [6.07, 6.45) is 9.16. The van der Waals surface area contributed by atoms with Crippen molar-refractivity contribution in [1.29, 1.82) is 0 Å². The number of allylic oxidation sites excluding steroid dienone is 2. The Kier molecular flexibility index (Phi) is 2.76. The second kappa shape index (κ2) is 4.42. The lowest BCUT2D eigenvalue weighted by Crippen LogP contribution is -2.19. The van der Waals surface area contributed by atoms with E-state index in [1.807, 2.05) is 30.5 Å². The van der Waals surface area contributed by atoms with E-state index in [0.29, 0.717) is 0 Å². The molecule has 0 atom stereocenters. The molecule has 0 aliphatic carbocycles. The maximum absolute atomic E-state index is 4.16. The Bertz CT molecular complexity index is 375. The highest BCUT2D eigenvalue weighted by molar-refractivity contribution is 5.85. The largest absolute Gasteiger partial charge is 0.350 e. The maximum Gasteiger partial charge on any atom is 0.111 e. The lowest BCUT2D eigenvalue weighted by atomic mass is 10.1. The van der Waals surface area contributed by atoms with Crippen LogP contribution in [0.25, 0.3) is 0 Å². The summed E-state index contributed by atoms with van der Waals surface area (Å²) in [5, 5.41) is 3.11. The first-order valence-corrected chi connectivity index (χ1v) is 4.56. The van der Waals surface area contributed by atoms with Gasteiger partial charge in [0.2, 0.25) is 0 Å². The number of nitrogens with zero attached hydrogens (tertiary/aromatic N) is 1. The molecule has 0 bridgehead atoms. The zero-order valence-electron chi connectivity index (χ0n) is 7.77. The monoisotopic (exact) mass is 183 g/mol. The van der Waals surface area contributed by atoms with E-state index in [1.54, 1.807) is 6.08 Å². The first-order chi connectivity index (χ1) is 6.95. The number of hydrogen-bond acceptors (Lipinski definition) is 2. The quantitative estimate of drug-likeness (QED) is 0.745. The lowest BCUT2D eigenvalue weighted by Gasteiger charge is -2.03. The van der Waals surface area contributed by atoms with Gasteiger partial charge in [0.1, 0.15) is 5.84 Å². The fourth-order valence-electron chi connectivity index (χ4n) is 1.26. The van der Waals surface area contributed by atoms with Crippen molar-refractivity contribution >= 4 is 5.84 Å². The minimum Gasteiger partial charge on any atom is -0.350 e. The molecule has 2 rings (SSSR count). The summed E-state index contributed by atoms with van der Waals surface area (Å²) in [6.45, 7) is 0. The van der Waals surface area contributed by atoms with Crippen LogP contribution >= 0.6 is 0 Å². The normalized spacial score (nSPS) is 14.4. The molecule has 1 aromatic rings. The number of rotatable bonds is 2. The molecule has 0 aromatic heterocycles. The first-order valence-electron chi connectivity index (χ1n) is 4.56. The van der Waals surface area contributed by atoms with Crippen molar-refractivity contribution in [3.8, 4) is 0 Å². The molecule has 0 saturated heterocycles. The number of benzene rings is 1. The minimum absolute atomic E-state index is 0.812. The van der Waals surface area contributed by atoms with Gasteiger partial charge in [-0.3, -0.25) is 0 Å². The van der Waals surface area contributed by atoms with Gasteiger partial charge in [-0.05, 0) is 17.7 Å². The molecule has 1 aliphatic heterocycles. The van der Waals surface area contributed by atoms with Crippen LogP contribution in [0.15, 0.2) is 53.7 Å². The van der Waals surface area contributed by atoms with Crippen LogP contribution in [0, 0.1) is 6.20 Å². The Balaban J connectivity index is 2.08. The molecule has 14 heavy (non-hydrogen) atoms. The van der Waals surface area contributed by atoms with Gasteiger partial charge in [-0.2, -0.15) is 0 Å². The third-order valence-electron chi connectivity index (χ3n) is 1.93. The zero-order valence-corrected chi connectivity index (χ0v) is 7.77. The first kappa shape index (κ1) is 8.75. The molecule has 0 amide bonds. The Morgan fingerprint density at radius 1 is 1.21 bits per heavy atom. The summed E-state index contributed by atoms with van der Waals surface area (Å²) in [5.41, 5.74) is 1.25.